The predicted molar refractivity (Wildman–Crippen MR) is 44.6 cm³/mol. The average molecular weight is 155 g/mol. The van der Waals surface area contributed by atoms with Crippen LogP contribution in [-0.4, -0.2) is 25.8 Å². The molecule has 64 valence electrons. The summed E-state index contributed by atoms with van der Waals surface area (Å²) in [7, 11) is 0. The fraction of sp³-hybridized carbons (Fsp3) is 1.00. The van der Waals surface area contributed by atoms with Crippen LogP contribution in [0.25, 0.3) is 0 Å². The van der Waals surface area contributed by atoms with Crippen molar-refractivity contribution in [1.29, 1.82) is 0 Å². The van der Waals surface area contributed by atoms with E-state index in [1.807, 2.05) is 0 Å². The summed E-state index contributed by atoms with van der Waals surface area (Å²) in [5.41, 5.74) is 0. The Bertz CT molecular complexity index is 117. The number of nitrogens with one attached hydrogen (secondary N) is 1. The zero-order chi connectivity index (χ0) is 7.52. The van der Waals surface area contributed by atoms with Gasteiger partial charge >= 0.3 is 0 Å². The van der Waals surface area contributed by atoms with E-state index < -0.39 is 0 Å². The Balaban J connectivity index is 1.59. The molecule has 0 aromatic heterocycles. The van der Waals surface area contributed by atoms with Crippen LogP contribution in [-0.2, 0) is 4.74 Å². The number of piperidine rings is 1. The first-order valence-electron chi connectivity index (χ1n) is 4.77. The molecule has 1 N–H and O–H groups in total. The van der Waals surface area contributed by atoms with Crippen LogP contribution in [0, 0.1) is 5.92 Å². The van der Waals surface area contributed by atoms with Crippen LogP contribution in [0.15, 0.2) is 0 Å². The third kappa shape index (κ3) is 2.46. The summed E-state index contributed by atoms with van der Waals surface area (Å²) < 4.78 is 5.65. The maximum absolute atomic E-state index is 5.65. The van der Waals surface area contributed by atoms with Gasteiger partial charge in [0.25, 0.3) is 0 Å². The molecule has 2 rings (SSSR count). The van der Waals surface area contributed by atoms with Crippen LogP contribution >= 0.6 is 0 Å². The fourth-order valence-corrected chi connectivity index (χ4v) is 1.57. The Morgan fingerprint density at radius 1 is 1.27 bits per heavy atom. The summed E-state index contributed by atoms with van der Waals surface area (Å²) in [5.74, 6) is 0.796. The van der Waals surface area contributed by atoms with Gasteiger partial charge in [-0.15, -0.1) is 0 Å². The first-order valence-corrected chi connectivity index (χ1v) is 4.77. The maximum atomic E-state index is 5.65. The van der Waals surface area contributed by atoms with Gasteiger partial charge in [-0.2, -0.15) is 0 Å². The molecule has 2 heteroatoms. The quantitative estimate of drug-likeness (QED) is 0.660. The molecule has 1 heterocycles. The molecule has 1 atom stereocenters. The van der Waals surface area contributed by atoms with Crippen molar-refractivity contribution in [1.82, 2.24) is 5.32 Å². The van der Waals surface area contributed by atoms with E-state index >= 15 is 0 Å². The molecule has 0 aromatic rings. The smallest absolute Gasteiger partial charge is 0.0577 e. The second-order valence-corrected chi connectivity index (χ2v) is 3.75. The van der Waals surface area contributed by atoms with E-state index in [1.165, 1.54) is 38.8 Å². The summed E-state index contributed by atoms with van der Waals surface area (Å²) in [5, 5.41) is 3.40. The molecule has 0 aromatic carbocycles. The lowest BCUT2D eigenvalue weighted by Crippen LogP contribution is -2.32. The van der Waals surface area contributed by atoms with E-state index in [-0.39, 0.29) is 0 Å². The van der Waals surface area contributed by atoms with E-state index in [0.29, 0.717) is 6.10 Å². The molecule has 11 heavy (non-hydrogen) atoms. The highest BCUT2D eigenvalue weighted by molar-refractivity contribution is 4.75. The van der Waals surface area contributed by atoms with Crippen LogP contribution in [0.5, 0.6) is 0 Å². The lowest BCUT2D eigenvalue weighted by Gasteiger charge is -2.22. The molecule has 2 aliphatic rings. The van der Waals surface area contributed by atoms with Crippen molar-refractivity contribution in [3.63, 3.8) is 0 Å². The molecular formula is C9H17NO. The largest absolute Gasteiger partial charge is 0.378 e. The van der Waals surface area contributed by atoms with Gasteiger partial charge in [0.2, 0.25) is 0 Å². The third-order valence-corrected chi connectivity index (χ3v) is 2.49. The van der Waals surface area contributed by atoms with E-state index in [1.54, 1.807) is 0 Å². The molecule has 1 saturated carbocycles. The first-order chi connectivity index (χ1) is 5.45. The number of hydrogen-bond acceptors (Lipinski definition) is 2. The predicted octanol–water partition coefficient (Wildman–Crippen LogP) is 1.16. The van der Waals surface area contributed by atoms with Crippen LogP contribution in [0.3, 0.4) is 0 Å². The van der Waals surface area contributed by atoms with Crippen molar-refractivity contribution in [3.8, 4) is 0 Å². The normalized spacial score (nSPS) is 32.2. The minimum atomic E-state index is 0.636. The Hall–Kier alpha value is -0.0800. The Morgan fingerprint density at radius 3 is 2.82 bits per heavy atom. The average Bonchev–Trinajstić information content (AvgIpc) is 2.86. The summed E-state index contributed by atoms with van der Waals surface area (Å²) in [4.78, 5) is 0. The molecule has 0 unspecified atom stereocenters. The highest BCUT2D eigenvalue weighted by atomic mass is 16.5. The van der Waals surface area contributed by atoms with Gasteiger partial charge < -0.3 is 10.1 Å². The van der Waals surface area contributed by atoms with Gasteiger partial charge in [-0.3, -0.25) is 0 Å². The molecule has 0 spiro atoms. The van der Waals surface area contributed by atoms with E-state index in [0.717, 1.165) is 12.5 Å². The fourth-order valence-electron chi connectivity index (χ4n) is 1.57. The van der Waals surface area contributed by atoms with Crippen LogP contribution < -0.4 is 5.32 Å². The highest BCUT2D eigenvalue weighted by Crippen LogP contribution is 2.24. The topological polar surface area (TPSA) is 21.3 Å². The van der Waals surface area contributed by atoms with Gasteiger partial charge in [0, 0.05) is 6.54 Å². The van der Waals surface area contributed by atoms with Crippen LogP contribution in [0.1, 0.15) is 25.7 Å². The Kier molecular flexibility index (Phi) is 2.44. The molecule has 1 aliphatic carbocycles. The summed E-state index contributed by atoms with van der Waals surface area (Å²) in [6.45, 7) is 3.38. The van der Waals surface area contributed by atoms with Crippen molar-refractivity contribution in [3.05, 3.63) is 0 Å². The van der Waals surface area contributed by atoms with Gasteiger partial charge in [0.1, 0.15) is 0 Å². The van der Waals surface area contributed by atoms with Crippen LogP contribution in [0.4, 0.5) is 0 Å². The van der Waals surface area contributed by atoms with Crippen LogP contribution in [0.2, 0.25) is 0 Å². The molecule has 0 bridgehead atoms. The second-order valence-electron chi connectivity index (χ2n) is 3.75. The maximum Gasteiger partial charge on any atom is 0.0577 e. The van der Waals surface area contributed by atoms with Crippen molar-refractivity contribution in [2.75, 3.05) is 19.7 Å². The zero-order valence-electron chi connectivity index (χ0n) is 7.01. The molecule has 2 fully saturated rings. The molecular weight excluding hydrogens is 138 g/mol. The lowest BCUT2D eigenvalue weighted by atomic mass is 10.0. The van der Waals surface area contributed by atoms with Gasteiger partial charge in [-0.05, 0) is 38.1 Å². The standard InChI is InChI=1S/C9H17NO/c1-2-8(6-10-5-1)7-11-9-3-4-9/h8-10H,1-7H2/t8-/m1/s1. The summed E-state index contributed by atoms with van der Waals surface area (Å²) in [6, 6.07) is 0. The van der Waals surface area contributed by atoms with Crippen molar-refractivity contribution >= 4 is 0 Å². The van der Waals surface area contributed by atoms with Crippen molar-refractivity contribution < 1.29 is 4.74 Å². The Morgan fingerprint density at radius 2 is 2.18 bits per heavy atom. The molecule has 1 saturated heterocycles. The zero-order valence-corrected chi connectivity index (χ0v) is 7.01. The van der Waals surface area contributed by atoms with Gasteiger partial charge in [-0.1, -0.05) is 0 Å². The first kappa shape index (κ1) is 7.56. The summed E-state index contributed by atoms with van der Waals surface area (Å²) in [6.07, 6.45) is 5.94. The number of hydrogen-bond donors (Lipinski definition) is 1. The number of ether oxygens (including phenoxy) is 1. The van der Waals surface area contributed by atoms with Gasteiger partial charge in [-0.25, -0.2) is 0 Å². The molecule has 1 aliphatic heterocycles. The molecule has 0 amide bonds. The summed E-state index contributed by atoms with van der Waals surface area (Å²) >= 11 is 0. The molecule has 0 radical (unpaired) electrons. The monoisotopic (exact) mass is 155 g/mol. The highest BCUT2D eigenvalue weighted by Gasteiger charge is 2.23. The second kappa shape index (κ2) is 3.55. The van der Waals surface area contributed by atoms with Crippen molar-refractivity contribution in [2.24, 2.45) is 5.92 Å². The molecule has 2 nitrogen and oxygen atoms in total. The third-order valence-electron chi connectivity index (χ3n) is 2.49. The minimum absolute atomic E-state index is 0.636. The van der Waals surface area contributed by atoms with Crippen molar-refractivity contribution in [2.45, 2.75) is 31.8 Å². The van der Waals surface area contributed by atoms with E-state index in [2.05, 4.69) is 5.32 Å². The SMILES string of the molecule is C1CNC[C@H](COC2CC2)C1. The Labute approximate surface area is 68.3 Å². The van der Waals surface area contributed by atoms with E-state index in [9.17, 15) is 0 Å². The van der Waals surface area contributed by atoms with E-state index in [4.69, 9.17) is 4.74 Å². The minimum Gasteiger partial charge on any atom is -0.378 e. The van der Waals surface area contributed by atoms with Gasteiger partial charge in [0.15, 0.2) is 0 Å². The lowest BCUT2D eigenvalue weighted by molar-refractivity contribution is 0.0775. The number of rotatable bonds is 3. The van der Waals surface area contributed by atoms with Gasteiger partial charge in [0.05, 0.1) is 12.7 Å².